The van der Waals surface area contributed by atoms with Crippen LogP contribution in [0.15, 0.2) is 97.3 Å². The molecule has 2 nitrogen and oxygen atoms in total. The largest absolute Gasteiger partial charge is 0.336 e. The van der Waals surface area contributed by atoms with Crippen molar-refractivity contribution < 1.29 is 4.57 Å². The zero-order valence-corrected chi connectivity index (χ0v) is 16.0. The highest BCUT2D eigenvalue weighted by atomic mass is 15.0. The van der Waals surface area contributed by atoms with Gasteiger partial charge in [-0.1, -0.05) is 60.2 Å². The number of pyridine rings is 1. The summed E-state index contributed by atoms with van der Waals surface area (Å²) in [6.07, 6.45) is 4.37. The molecule has 0 bridgehead atoms. The molecule has 0 unspecified atom stereocenters. The molecule has 0 aliphatic carbocycles. The summed E-state index contributed by atoms with van der Waals surface area (Å²) < 4.78 is 4.66. The van der Waals surface area contributed by atoms with E-state index in [0.29, 0.717) is 0 Å². The molecule has 5 aromatic rings. The molecule has 2 heteroatoms. The van der Waals surface area contributed by atoms with Gasteiger partial charge in [0.1, 0.15) is 0 Å². The molecule has 0 spiro atoms. The van der Waals surface area contributed by atoms with Gasteiger partial charge < -0.3 is 4.57 Å². The normalized spacial score (nSPS) is 11.3. The lowest BCUT2D eigenvalue weighted by atomic mass is 10.1. The lowest BCUT2D eigenvalue weighted by Crippen LogP contribution is -2.33. The quantitative estimate of drug-likeness (QED) is 0.374. The monoisotopic (exact) mass is 363 g/mol. The van der Waals surface area contributed by atoms with Gasteiger partial charge in [-0.2, -0.15) is 0 Å². The Hall–Kier alpha value is -3.39. The van der Waals surface area contributed by atoms with Crippen molar-refractivity contribution in [2.45, 2.75) is 20.0 Å². The van der Waals surface area contributed by atoms with E-state index in [1.165, 1.54) is 38.5 Å². The van der Waals surface area contributed by atoms with Gasteiger partial charge in [-0.3, -0.25) is 0 Å². The van der Waals surface area contributed by atoms with E-state index in [9.17, 15) is 0 Å². The van der Waals surface area contributed by atoms with E-state index < -0.39 is 0 Å². The fourth-order valence-corrected chi connectivity index (χ4v) is 4.08. The average molecular weight is 363 g/mol. The molecule has 2 heterocycles. The van der Waals surface area contributed by atoms with Crippen LogP contribution >= 0.6 is 0 Å². The Balaban J connectivity index is 1.46. The summed E-state index contributed by atoms with van der Waals surface area (Å²) >= 11 is 0. The predicted octanol–water partition coefficient (Wildman–Crippen LogP) is 5.49. The van der Waals surface area contributed by atoms with Crippen molar-refractivity contribution in [2.24, 2.45) is 0 Å². The number of aryl methyl sites for hydroxylation is 1. The van der Waals surface area contributed by atoms with Gasteiger partial charge in [0.2, 0.25) is 0 Å². The summed E-state index contributed by atoms with van der Waals surface area (Å²) in [4.78, 5) is 0. The van der Waals surface area contributed by atoms with Crippen LogP contribution in [0, 0.1) is 6.92 Å². The highest BCUT2D eigenvalue weighted by Crippen LogP contribution is 2.29. The van der Waals surface area contributed by atoms with Gasteiger partial charge in [-0.05, 0) is 30.7 Å². The lowest BCUT2D eigenvalue weighted by Gasteiger charge is -2.07. The van der Waals surface area contributed by atoms with E-state index in [0.717, 1.165) is 13.1 Å². The number of hydrogen-bond acceptors (Lipinski definition) is 0. The molecule has 0 fully saturated rings. The fraction of sp³-hybridized carbons (Fsp3) is 0.115. The second-order valence-electron chi connectivity index (χ2n) is 7.49. The van der Waals surface area contributed by atoms with Crippen LogP contribution in [-0.2, 0) is 13.1 Å². The molecule has 0 saturated carbocycles. The van der Waals surface area contributed by atoms with Crippen LogP contribution in [0.4, 0.5) is 0 Å². The van der Waals surface area contributed by atoms with Crippen molar-refractivity contribution in [2.75, 3.05) is 0 Å². The summed E-state index contributed by atoms with van der Waals surface area (Å²) in [5, 5.41) is 2.65. The molecule has 28 heavy (non-hydrogen) atoms. The Bertz CT molecular complexity index is 1210. The molecule has 0 amide bonds. The van der Waals surface area contributed by atoms with E-state index in [-0.39, 0.29) is 0 Å². The molecule has 136 valence electrons. The molecule has 0 aliphatic heterocycles. The SMILES string of the molecule is Cc1cccc(C[n+]2ccc(Cn3c4ccccc4c4ccccc43)cc2)c1. The number of nitrogens with zero attached hydrogens (tertiary/aromatic N) is 2. The minimum absolute atomic E-state index is 0.874. The summed E-state index contributed by atoms with van der Waals surface area (Å²) in [5.74, 6) is 0. The number of aromatic nitrogens is 2. The van der Waals surface area contributed by atoms with Crippen molar-refractivity contribution in [1.29, 1.82) is 0 Å². The summed E-state index contributed by atoms with van der Waals surface area (Å²) in [5.41, 5.74) is 6.54. The van der Waals surface area contributed by atoms with Gasteiger partial charge in [0.15, 0.2) is 18.9 Å². The van der Waals surface area contributed by atoms with Crippen LogP contribution in [0.1, 0.15) is 16.7 Å². The minimum atomic E-state index is 0.874. The van der Waals surface area contributed by atoms with Crippen LogP contribution in [0.5, 0.6) is 0 Å². The summed E-state index contributed by atoms with van der Waals surface area (Å²) in [6, 6.07) is 30.5. The molecule has 0 atom stereocenters. The maximum atomic E-state index is 2.42. The number of benzene rings is 3. The zero-order chi connectivity index (χ0) is 18.9. The van der Waals surface area contributed by atoms with E-state index in [1.807, 2.05) is 0 Å². The maximum absolute atomic E-state index is 2.42. The van der Waals surface area contributed by atoms with Gasteiger partial charge in [-0.25, -0.2) is 4.57 Å². The summed E-state index contributed by atoms with van der Waals surface area (Å²) in [6.45, 7) is 3.92. The topological polar surface area (TPSA) is 8.81 Å². The first-order chi connectivity index (χ1) is 13.8. The standard InChI is InChI=1S/C26H23N2/c1-20-7-6-8-22(17-20)18-27-15-13-21(14-16-27)19-28-25-11-4-2-9-23(25)24-10-3-5-12-26(24)28/h2-17H,18-19H2,1H3/q+1. The van der Waals surface area contributed by atoms with Crippen LogP contribution in [0.2, 0.25) is 0 Å². The van der Waals surface area contributed by atoms with Crippen LogP contribution < -0.4 is 4.57 Å². The van der Waals surface area contributed by atoms with Crippen molar-refractivity contribution >= 4 is 21.8 Å². The molecular weight excluding hydrogens is 340 g/mol. The molecule has 0 saturated heterocycles. The van der Waals surface area contributed by atoms with Gasteiger partial charge in [0.05, 0.1) is 0 Å². The maximum Gasteiger partial charge on any atom is 0.173 e. The first-order valence-electron chi connectivity index (χ1n) is 9.77. The first-order valence-corrected chi connectivity index (χ1v) is 9.77. The predicted molar refractivity (Wildman–Crippen MR) is 115 cm³/mol. The molecule has 0 aliphatic rings. The third-order valence-electron chi connectivity index (χ3n) is 5.43. The van der Waals surface area contributed by atoms with Crippen LogP contribution in [0.3, 0.4) is 0 Å². The Morgan fingerprint density at radius 3 is 1.96 bits per heavy atom. The second-order valence-corrected chi connectivity index (χ2v) is 7.49. The average Bonchev–Trinajstić information content (AvgIpc) is 3.04. The van der Waals surface area contributed by atoms with Crippen molar-refractivity contribution in [3.05, 3.63) is 114 Å². The van der Waals surface area contributed by atoms with Gasteiger partial charge >= 0.3 is 0 Å². The highest BCUT2D eigenvalue weighted by molar-refractivity contribution is 6.08. The van der Waals surface area contributed by atoms with Crippen LogP contribution in [-0.4, -0.2) is 4.57 Å². The Morgan fingerprint density at radius 1 is 0.679 bits per heavy atom. The van der Waals surface area contributed by atoms with Crippen molar-refractivity contribution in [1.82, 2.24) is 4.57 Å². The molecule has 0 radical (unpaired) electrons. The second kappa shape index (κ2) is 6.97. The van der Waals surface area contributed by atoms with E-state index in [2.05, 4.69) is 113 Å². The third-order valence-corrected chi connectivity index (χ3v) is 5.43. The molecule has 3 aromatic carbocycles. The molecule has 0 N–H and O–H groups in total. The third kappa shape index (κ3) is 3.07. The molecular formula is C26H23N2+. The van der Waals surface area contributed by atoms with Crippen molar-refractivity contribution in [3.63, 3.8) is 0 Å². The lowest BCUT2D eigenvalue weighted by molar-refractivity contribution is -0.688. The van der Waals surface area contributed by atoms with Gasteiger partial charge in [0.25, 0.3) is 0 Å². The summed E-state index contributed by atoms with van der Waals surface area (Å²) in [7, 11) is 0. The number of fused-ring (bicyclic) bond motifs is 3. The van der Waals surface area contributed by atoms with Gasteiger partial charge in [-0.15, -0.1) is 0 Å². The Morgan fingerprint density at radius 2 is 1.32 bits per heavy atom. The van der Waals surface area contributed by atoms with E-state index in [1.54, 1.807) is 0 Å². The first kappa shape index (κ1) is 16.8. The van der Waals surface area contributed by atoms with Crippen molar-refractivity contribution in [3.8, 4) is 0 Å². The zero-order valence-electron chi connectivity index (χ0n) is 16.0. The van der Waals surface area contributed by atoms with E-state index in [4.69, 9.17) is 0 Å². The molecule has 2 aromatic heterocycles. The number of hydrogen-bond donors (Lipinski definition) is 0. The number of para-hydroxylation sites is 2. The molecule has 5 rings (SSSR count). The van der Waals surface area contributed by atoms with E-state index >= 15 is 0 Å². The van der Waals surface area contributed by atoms with Gasteiger partial charge in [0, 0.05) is 46.0 Å². The highest BCUT2D eigenvalue weighted by Gasteiger charge is 2.11. The smallest absolute Gasteiger partial charge is 0.173 e. The Kier molecular flexibility index (Phi) is 4.17. The fourth-order valence-electron chi connectivity index (χ4n) is 4.08. The van der Waals surface area contributed by atoms with Crippen LogP contribution in [0.25, 0.3) is 21.8 Å². The minimum Gasteiger partial charge on any atom is -0.336 e. The Labute approximate surface area is 165 Å². The number of rotatable bonds is 4.